The van der Waals surface area contributed by atoms with Gasteiger partial charge < -0.3 is 25.0 Å². The summed E-state index contributed by atoms with van der Waals surface area (Å²) in [4.78, 5) is 40.2. The Morgan fingerprint density at radius 1 is 1.03 bits per heavy atom. The van der Waals surface area contributed by atoms with Gasteiger partial charge in [0.05, 0.1) is 0 Å². The van der Waals surface area contributed by atoms with Crippen molar-refractivity contribution in [1.82, 2.24) is 10.2 Å². The van der Waals surface area contributed by atoms with Crippen molar-refractivity contribution in [2.24, 2.45) is 0 Å². The number of hydrogen-bond acceptors (Lipinski definition) is 5. The fourth-order valence-corrected chi connectivity index (χ4v) is 3.85. The summed E-state index contributed by atoms with van der Waals surface area (Å²) in [5.74, 6) is -1.31. The molecule has 2 aromatic rings. The van der Waals surface area contributed by atoms with E-state index in [9.17, 15) is 19.5 Å². The van der Waals surface area contributed by atoms with Crippen molar-refractivity contribution >= 4 is 23.7 Å². The van der Waals surface area contributed by atoms with Crippen molar-refractivity contribution in [1.29, 1.82) is 0 Å². The summed E-state index contributed by atoms with van der Waals surface area (Å²) in [6, 6.07) is 14.3. The second-order valence-electron chi connectivity index (χ2n) is 8.29. The van der Waals surface area contributed by atoms with E-state index in [2.05, 4.69) is 42.3 Å². The highest BCUT2D eigenvalue weighted by atomic mass is 16.5. The first kappa shape index (κ1) is 24.1. The Balaban J connectivity index is 1.44. The normalized spacial score (nSPS) is 14.5. The third-order valence-corrected chi connectivity index (χ3v) is 5.79. The number of carbonyl (C=O) groups is 3. The number of benzene rings is 2. The predicted octanol–water partition coefficient (Wildman–Crippen LogP) is 3.11. The van der Waals surface area contributed by atoms with Crippen molar-refractivity contribution < 1.29 is 24.2 Å². The summed E-state index contributed by atoms with van der Waals surface area (Å²) >= 11 is 0. The standard InChI is InChI=1S/C25H31N3O5/c1-18-8-9-19(2)22(16-18)27-12-14-28(15-13-27)23(29)11-10-21(24(30)31)26-25(32)33-17-20-6-4-3-5-7-20/h3-9,16,21H,10-15,17H2,1-2H3,(H,26,32)(H,30,31)/t21-/m0/s1. The molecule has 176 valence electrons. The molecule has 1 heterocycles. The molecule has 0 aromatic heterocycles. The number of ether oxygens (including phenoxy) is 1. The lowest BCUT2D eigenvalue weighted by atomic mass is 10.1. The van der Waals surface area contributed by atoms with Crippen molar-refractivity contribution in [2.45, 2.75) is 39.3 Å². The maximum absolute atomic E-state index is 12.7. The number of rotatable bonds is 8. The summed E-state index contributed by atoms with van der Waals surface area (Å²) in [6.07, 6.45) is -0.772. The quantitative estimate of drug-likeness (QED) is 0.637. The van der Waals surface area contributed by atoms with E-state index in [-0.39, 0.29) is 25.4 Å². The van der Waals surface area contributed by atoms with Gasteiger partial charge in [-0.25, -0.2) is 9.59 Å². The van der Waals surface area contributed by atoms with Crippen LogP contribution in [-0.2, 0) is 20.9 Å². The zero-order chi connectivity index (χ0) is 23.8. The van der Waals surface area contributed by atoms with Gasteiger partial charge in [0, 0.05) is 38.3 Å². The first-order chi connectivity index (χ1) is 15.8. The van der Waals surface area contributed by atoms with Gasteiger partial charge in [0.1, 0.15) is 12.6 Å². The molecule has 0 spiro atoms. The number of alkyl carbamates (subject to hydrolysis) is 1. The first-order valence-electron chi connectivity index (χ1n) is 11.1. The Labute approximate surface area is 194 Å². The van der Waals surface area contributed by atoms with Crippen molar-refractivity contribution in [3.63, 3.8) is 0 Å². The molecule has 0 radical (unpaired) electrons. The number of nitrogens with zero attached hydrogens (tertiary/aromatic N) is 2. The Morgan fingerprint density at radius 3 is 2.39 bits per heavy atom. The zero-order valence-corrected chi connectivity index (χ0v) is 19.1. The average molecular weight is 454 g/mol. The van der Waals surface area contributed by atoms with Crippen LogP contribution in [0.2, 0.25) is 0 Å². The molecule has 8 heteroatoms. The number of piperazine rings is 1. The molecule has 2 amide bonds. The smallest absolute Gasteiger partial charge is 0.408 e. The van der Waals surface area contributed by atoms with Crippen LogP contribution in [0.1, 0.15) is 29.5 Å². The molecular weight excluding hydrogens is 422 g/mol. The van der Waals surface area contributed by atoms with Gasteiger partial charge in [-0.05, 0) is 43.0 Å². The summed E-state index contributed by atoms with van der Waals surface area (Å²) in [6.45, 7) is 6.80. The molecule has 1 fully saturated rings. The fraction of sp³-hybridized carbons (Fsp3) is 0.400. The van der Waals surface area contributed by atoms with Crippen LogP contribution >= 0.6 is 0 Å². The lowest BCUT2D eigenvalue weighted by molar-refractivity contribution is -0.140. The van der Waals surface area contributed by atoms with Gasteiger partial charge in [-0.15, -0.1) is 0 Å². The van der Waals surface area contributed by atoms with E-state index >= 15 is 0 Å². The van der Waals surface area contributed by atoms with Crippen LogP contribution in [0.25, 0.3) is 0 Å². The minimum atomic E-state index is -1.20. The van der Waals surface area contributed by atoms with Gasteiger partial charge >= 0.3 is 12.1 Å². The van der Waals surface area contributed by atoms with Crippen LogP contribution in [-0.4, -0.2) is 60.2 Å². The van der Waals surface area contributed by atoms with E-state index in [4.69, 9.17) is 4.74 Å². The Kier molecular flexibility index (Phi) is 8.29. The van der Waals surface area contributed by atoms with Gasteiger partial charge in [0.15, 0.2) is 0 Å². The van der Waals surface area contributed by atoms with Gasteiger partial charge in [-0.2, -0.15) is 0 Å². The van der Waals surface area contributed by atoms with Gasteiger partial charge in [-0.1, -0.05) is 42.5 Å². The third kappa shape index (κ3) is 6.97. The summed E-state index contributed by atoms with van der Waals surface area (Å²) in [7, 11) is 0. The highest BCUT2D eigenvalue weighted by Crippen LogP contribution is 2.23. The van der Waals surface area contributed by atoms with E-state index in [1.54, 1.807) is 17.0 Å². The monoisotopic (exact) mass is 453 g/mol. The van der Waals surface area contributed by atoms with Crippen LogP contribution in [0.5, 0.6) is 0 Å². The number of carbonyl (C=O) groups excluding carboxylic acids is 2. The molecule has 0 bridgehead atoms. The Hall–Kier alpha value is -3.55. The molecule has 1 aliphatic rings. The topological polar surface area (TPSA) is 99.2 Å². The largest absolute Gasteiger partial charge is 0.480 e. The predicted molar refractivity (Wildman–Crippen MR) is 125 cm³/mol. The van der Waals surface area contributed by atoms with Crippen LogP contribution in [0.4, 0.5) is 10.5 Å². The number of carboxylic acids is 1. The molecule has 2 N–H and O–H groups in total. The number of aliphatic carboxylic acids is 1. The van der Waals surface area contributed by atoms with E-state index in [1.165, 1.54) is 16.8 Å². The Morgan fingerprint density at radius 2 is 1.73 bits per heavy atom. The highest BCUT2D eigenvalue weighted by molar-refractivity contribution is 5.82. The van der Waals surface area contributed by atoms with Crippen LogP contribution in [0, 0.1) is 13.8 Å². The van der Waals surface area contributed by atoms with Crippen molar-refractivity contribution in [2.75, 3.05) is 31.1 Å². The molecule has 0 unspecified atom stereocenters. The lowest BCUT2D eigenvalue weighted by Crippen LogP contribution is -2.49. The van der Waals surface area contributed by atoms with Gasteiger partial charge in [-0.3, -0.25) is 4.79 Å². The maximum Gasteiger partial charge on any atom is 0.408 e. The van der Waals surface area contributed by atoms with Crippen LogP contribution in [0.15, 0.2) is 48.5 Å². The summed E-state index contributed by atoms with van der Waals surface area (Å²) in [5.41, 5.74) is 4.39. The lowest BCUT2D eigenvalue weighted by Gasteiger charge is -2.37. The number of carboxylic acid groups (broad SMARTS) is 1. The summed E-state index contributed by atoms with van der Waals surface area (Å²) < 4.78 is 5.09. The van der Waals surface area contributed by atoms with E-state index in [0.29, 0.717) is 13.1 Å². The molecule has 1 atom stereocenters. The molecule has 0 saturated carbocycles. The fourth-order valence-electron chi connectivity index (χ4n) is 3.85. The third-order valence-electron chi connectivity index (χ3n) is 5.79. The number of nitrogens with one attached hydrogen (secondary N) is 1. The maximum atomic E-state index is 12.7. The second kappa shape index (κ2) is 11.4. The highest BCUT2D eigenvalue weighted by Gasteiger charge is 2.26. The number of anilines is 1. The van der Waals surface area contributed by atoms with Crippen LogP contribution < -0.4 is 10.2 Å². The average Bonchev–Trinajstić information content (AvgIpc) is 2.82. The first-order valence-corrected chi connectivity index (χ1v) is 11.1. The minimum absolute atomic E-state index is 0.00576. The number of hydrogen-bond donors (Lipinski definition) is 2. The summed E-state index contributed by atoms with van der Waals surface area (Å²) in [5, 5.41) is 11.8. The molecule has 0 aliphatic carbocycles. The molecule has 3 rings (SSSR count). The van der Waals surface area contributed by atoms with Crippen LogP contribution in [0.3, 0.4) is 0 Å². The molecular formula is C25H31N3O5. The van der Waals surface area contributed by atoms with Crippen molar-refractivity contribution in [3.8, 4) is 0 Å². The number of amides is 2. The van der Waals surface area contributed by atoms with Crippen molar-refractivity contribution in [3.05, 3.63) is 65.2 Å². The van der Waals surface area contributed by atoms with Gasteiger partial charge in [0.2, 0.25) is 5.91 Å². The second-order valence-corrected chi connectivity index (χ2v) is 8.29. The Bertz CT molecular complexity index is 971. The molecule has 8 nitrogen and oxygen atoms in total. The molecule has 2 aromatic carbocycles. The van der Waals surface area contributed by atoms with E-state index in [0.717, 1.165) is 18.7 Å². The van der Waals surface area contributed by atoms with E-state index in [1.807, 2.05) is 18.2 Å². The SMILES string of the molecule is Cc1ccc(C)c(N2CCN(C(=O)CC[C@H](NC(=O)OCc3ccccc3)C(=O)O)CC2)c1. The van der Waals surface area contributed by atoms with Gasteiger partial charge in [0.25, 0.3) is 0 Å². The molecule has 33 heavy (non-hydrogen) atoms. The number of aryl methyl sites for hydroxylation is 2. The minimum Gasteiger partial charge on any atom is -0.480 e. The van der Waals surface area contributed by atoms with E-state index < -0.39 is 18.1 Å². The zero-order valence-electron chi connectivity index (χ0n) is 19.1. The molecule has 1 aliphatic heterocycles. The molecule has 1 saturated heterocycles.